The smallest absolute Gasteiger partial charge is 0.265 e. The van der Waals surface area contributed by atoms with E-state index in [0.29, 0.717) is 0 Å². The standard InChI is InChI=1S/C19H17N3O3S/c1-3-9-22-18(24)16(17(23)20-19(22)26)11-13-8-10-21(12-13)14-4-6-15(25-2)7-5-14/h3-8,10-12H,1,9H2,2H3,(H,20,23,26)/b16-11+. The maximum absolute atomic E-state index is 12.5. The zero-order valence-electron chi connectivity index (χ0n) is 14.1. The van der Waals surface area contributed by atoms with Gasteiger partial charge in [-0.3, -0.25) is 19.8 Å². The zero-order valence-corrected chi connectivity index (χ0v) is 15.0. The van der Waals surface area contributed by atoms with Gasteiger partial charge in [0.2, 0.25) is 0 Å². The SMILES string of the molecule is C=CCN1C(=O)/C(=C/c2ccn(-c3ccc(OC)cc3)c2)C(=O)NC1=S. The molecule has 132 valence electrons. The number of benzene rings is 1. The van der Waals surface area contributed by atoms with Gasteiger partial charge in [0, 0.05) is 24.6 Å². The summed E-state index contributed by atoms with van der Waals surface area (Å²) in [4.78, 5) is 26.0. The van der Waals surface area contributed by atoms with Crippen molar-refractivity contribution in [1.82, 2.24) is 14.8 Å². The minimum atomic E-state index is -0.502. The quantitative estimate of drug-likeness (QED) is 0.381. The minimum absolute atomic E-state index is 0.0351. The van der Waals surface area contributed by atoms with Crippen molar-refractivity contribution in [2.45, 2.75) is 0 Å². The fourth-order valence-electron chi connectivity index (χ4n) is 2.57. The van der Waals surface area contributed by atoms with E-state index in [1.807, 2.05) is 47.3 Å². The number of carbonyl (C=O) groups is 2. The van der Waals surface area contributed by atoms with Crippen molar-refractivity contribution in [3.63, 3.8) is 0 Å². The van der Waals surface area contributed by atoms with Crippen LogP contribution in [0.25, 0.3) is 11.8 Å². The molecule has 3 rings (SSSR count). The molecular formula is C19H17N3O3S. The van der Waals surface area contributed by atoms with Gasteiger partial charge in [0.05, 0.1) is 7.11 Å². The van der Waals surface area contributed by atoms with Gasteiger partial charge in [0.1, 0.15) is 11.3 Å². The van der Waals surface area contributed by atoms with E-state index in [1.165, 1.54) is 4.90 Å². The van der Waals surface area contributed by atoms with Crippen LogP contribution in [0.4, 0.5) is 0 Å². The van der Waals surface area contributed by atoms with E-state index in [2.05, 4.69) is 11.9 Å². The van der Waals surface area contributed by atoms with Crippen molar-refractivity contribution in [3.05, 3.63) is 66.5 Å². The monoisotopic (exact) mass is 367 g/mol. The minimum Gasteiger partial charge on any atom is -0.497 e. The number of hydrogen-bond donors (Lipinski definition) is 1. The average Bonchev–Trinajstić information content (AvgIpc) is 3.11. The Hall–Kier alpha value is -3.19. The Kier molecular flexibility index (Phi) is 4.99. The number of thiocarbonyl (C=S) groups is 1. The molecule has 0 bridgehead atoms. The Morgan fingerprint density at radius 1 is 1.23 bits per heavy atom. The third kappa shape index (κ3) is 3.43. The number of nitrogens with one attached hydrogen (secondary N) is 1. The van der Waals surface area contributed by atoms with Gasteiger partial charge in [0.15, 0.2) is 5.11 Å². The highest BCUT2D eigenvalue weighted by molar-refractivity contribution is 7.80. The highest BCUT2D eigenvalue weighted by Gasteiger charge is 2.32. The third-order valence-corrected chi connectivity index (χ3v) is 4.22. The van der Waals surface area contributed by atoms with Crippen LogP contribution in [0.15, 0.2) is 61.0 Å². The fraction of sp³-hybridized carbons (Fsp3) is 0.105. The molecule has 0 aliphatic carbocycles. The average molecular weight is 367 g/mol. The molecule has 2 amide bonds. The molecule has 1 aromatic heterocycles. The summed E-state index contributed by atoms with van der Waals surface area (Å²) in [6.07, 6.45) is 6.79. The van der Waals surface area contributed by atoms with Crippen LogP contribution < -0.4 is 10.1 Å². The number of amides is 2. The van der Waals surface area contributed by atoms with E-state index in [1.54, 1.807) is 19.3 Å². The topological polar surface area (TPSA) is 63.6 Å². The van der Waals surface area contributed by atoms with Gasteiger partial charge in [-0.25, -0.2) is 0 Å². The molecule has 0 saturated carbocycles. The van der Waals surface area contributed by atoms with E-state index in [9.17, 15) is 9.59 Å². The summed E-state index contributed by atoms with van der Waals surface area (Å²) >= 11 is 5.04. The Morgan fingerprint density at radius 2 is 1.96 bits per heavy atom. The molecule has 26 heavy (non-hydrogen) atoms. The van der Waals surface area contributed by atoms with Crippen LogP contribution in [0.1, 0.15) is 5.56 Å². The highest BCUT2D eigenvalue weighted by atomic mass is 32.1. The largest absolute Gasteiger partial charge is 0.497 e. The van der Waals surface area contributed by atoms with Gasteiger partial charge >= 0.3 is 0 Å². The molecule has 0 atom stereocenters. The van der Waals surface area contributed by atoms with Gasteiger partial charge in [-0.1, -0.05) is 6.08 Å². The van der Waals surface area contributed by atoms with Crippen molar-refractivity contribution in [3.8, 4) is 11.4 Å². The Labute approximate surface area is 156 Å². The van der Waals surface area contributed by atoms with Gasteiger partial charge in [-0.15, -0.1) is 6.58 Å². The summed E-state index contributed by atoms with van der Waals surface area (Å²) in [5, 5.41) is 2.62. The number of hydrogen-bond acceptors (Lipinski definition) is 4. The molecule has 2 heterocycles. The van der Waals surface area contributed by atoms with E-state index in [4.69, 9.17) is 17.0 Å². The Morgan fingerprint density at radius 3 is 2.62 bits per heavy atom. The first-order valence-corrected chi connectivity index (χ1v) is 8.26. The van der Waals surface area contributed by atoms with E-state index < -0.39 is 11.8 Å². The lowest BCUT2D eigenvalue weighted by molar-refractivity contribution is -0.128. The van der Waals surface area contributed by atoms with Crippen molar-refractivity contribution in [2.24, 2.45) is 0 Å². The van der Waals surface area contributed by atoms with Crippen molar-refractivity contribution in [2.75, 3.05) is 13.7 Å². The molecule has 1 aliphatic heterocycles. The first kappa shape index (κ1) is 17.6. The summed E-state index contributed by atoms with van der Waals surface area (Å²) in [5.74, 6) is -0.167. The van der Waals surface area contributed by atoms with Crippen LogP contribution in [0.3, 0.4) is 0 Å². The van der Waals surface area contributed by atoms with Crippen LogP contribution in [0.5, 0.6) is 5.75 Å². The Bertz CT molecular complexity index is 912. The number of nitrogens with zero attached hydrogens (tertiary/aromatic N) is 2. The first-order chi connectivity index (χ1) is 12.5. The molecule has 0 unspecified atom stereocenters. The summed E-state index contributed by atoms with van der Waals surface area (Å²) in [6.45, 7) is 3.84. The second kappa shape index (κ2) is 7.37. The molecule has 0 radical (unpaired) electrons. The van der Waals surface area contributed by atoms with Crippen LogP contribution in [0, 0.1) is 0 Å². The van der Waals surface area contributed by atoms with Gasteiger partial charge < -0.3 is 9.30 Å². The number of methoxy groups -OCH3 is 1. The number of carbonyl (C=O) groups excluding carboxylic acids is 2. The molecular weight excluding hydrogens is 350 g/mol. The second-order valence-electron chi connectivity index (χ2n) is 5.57. The van der Waals surface area contributed by atoms with E-state index in [-0.39, 0.29) is 17.2 Å². The molecule has 1 aromatic carbocycles. The maximum atomic E-state index is 12.5. The third-order valence-electron chi connectivity index (χ3n) is 3.89. The summed E-state index contributed by atoms with van der Waals surface area (Å²) in [5.41, 5.74) is 1.70. The fourth-order valence-corrected chi connectivity index (χ4v) is 2.82. The lowest BCUT2D eigenvalue weighted by Gasteiger charge is -2.27. The van der Waals surface area contributed by atoms with Crippen molar-refractivity contribution in [1.29, 1.82) is 0 Å². The summed E-state index contributed by atoms with van der Waals surface area (Å²) in [7, 11) is 1.61. The molecule has 1 saturated heterocycles. The molecule has 0 spiro atoms. The predicted molar refractivity (Wildman–Crippen MR) is 103 cm³/mol. The van der Waals surface area contributed by atoms with Crippen LogP contribution >= 0.6 is 12.2 Å². The summed E-state index contributed by atoms with van der Waals surface area (Å²) < 4.78 is 7.04. The van der Waals surface area contributed by atoms with Crippen molar-refractivity contribution < 1.29 is 14.3 Å². The van der Waals surface area contributed by atoms with Crippen molar-refractivity contribution >= 4 is 35.2 Å². The molecule has 6 nitrogen and oxygen atoms in total. The van der Waals surface area contributed by atoms with Gasteiger partial charge in [-0.2, -0.15) is 0 Å². The Balaban J connectivity index is 1.88. The first-order valence-electron chi connectivity index (χ1n) is 7.85. The highest BCUT2D eigenvalue weighted by Crippen LogP contribution is 2.19. The molecule has 7 heteroatoms. The van der Waals surface area contributed by atoms with Crippen LogP contribution in [-0.2, 0) is 9.59 Å². The van der Waals surface area contributed by atoms with E-state index in [0.717, 1.165) is 17.0 Å². The van der Waals surface area contributed by atoms with Crippen LogP contribution in [0.2, 0.25) is 0 Å². The molecule has 1 aliphatic rings. The zero-order chi connectivity index (χ0) is 18.7. The molecule has 2 aromatic rings. The van der Waals surface area contributed by atoms with Gasteiger partial charge in [0.25, 0.3) is 11.8 Å². The number of ether oxygens (including phenoxy) is 1. The number of rotatable bonds is 5. The summed E-state index contributed by atoms with van der Waals surface area (Å²) in [6, 6.07) is 9.37. The lowest BCUT2D eigenvalue weighted by Crippen LogP contribution is -2.53. The molecule has 1 fully saturated rings. The lowest BCUT2D eigenvalue weighted by atomic mass is 10.1. The van der Waals surface area contributed by atoms with Crippen LogP contribution in [-0.4, -0.2) is 40.0 Å². The maximum Gasteiger partial charge on any atom is 0.265 e. The predicted octanol–water partition coefficient (Wildman–Crippen LogP) is 2.30. The second-order valence-corrected chi connectivity index (χ2v) is 5.96. The molecule has 1 N–H and O–H groups in total. The number of aromatic nitrogens is 1. The van der Waals surface area contributed by atoms with E-state index >= 15 is 0 Å². The normalized spacial score (nSPS) is 16.0. The van der Waals surface area contributed by atoms with Gasteiger partial charge in [-0.05, 0) is 54.2 Å².